The second-order valence-corrected chi connectivity index (χ2v) is 6.30. The lowest BCUT2D eigenvalue weighted by Crippen LogP contribution is -2.43. The van der Waals surface area contributed by atoms with Crippen molar-refractivity contribution in [3.63, 3.8) is 0 Å². The van der Waals surface area contributed by atoms with Gasteiger partial charge in [0.2, 0.25) is 0 Å². The predicted octanol–water partition coefficient (Wildman–Crippen LogP) is 4.08. The normalized spacial score (nSPS) is 17.6. The van der Waals surface area contributed by atoms with Crippen molar-refractivity contribution in [1.82, 2.24) is 4.90 Å². The molecule has 0 bridgehead atoms. The molecule has 1 fully saturated rings. The van der Waals surface area contributed by atoms with Gasteiger partial charge in [-0.05, 0) is 37.3 Å². The van der Waals surface area contributed by atoms with Gasteiger partial charge >= 0.3 is 0 Å². The number of nitrogens with zero attached hydrogens (tertiary/aromatic N) is 1. The van der Waals surface area contributed by atoms with Gasteiger partial charge in [-0.3, -0.25) is 4.79 Å². The Morgan fingerprint density at radius 2 is 1.86 bits per heavy atom. The number of carbonyl (C=O) groups excluding carboxylic acids is 1. The molecular formula is C18H28N2O. The standard InChI is InChI=1S/C18H28N2O/c1-5-18(6-2)9-11-20(12-10-18)17(21)15-13-14(3)7-8-16(15)19-4/h7-8,13,19H,5-6,9-12H2,1-4H3. The number of anilines is 1. The number of benzene rings is 1. The van der Waals surface area contributed by atoms with E-state index >= 15 is 0 Å². The molecule has 1 aromatic rings. The molecule has 0 atom stereocenters. The number of hydrogen-bond donors (Lipinski definition) is 1. The first-order valence-corrected chi connectivity index (χ1v) is 8.13. The molecule has 1 aliphatic heterocycles. The number of rotatable bonds is 4. The Bertz CT molecular complexity index is 496. The summed E-state index contributed by atoms with van der Waals surface area (Å²) in [5.41, 5.74) is 3.31. The average molecular weight is 288 g/mol. The van der Waals surface area contributed by atoms with Gasteiger partial charge in [0.15, 0.2) is 0 Å². The molecule has 0 spiro atoms. The molecule has 1 amide bonds. The van der Waals surface area contributed by atoms with E-state index in [-0.39, 0.29) is 5.91 Å². The number of hydrogen-bond acceptors (Lipinski definition) is 2. The summed E-state index contributed by atoms with van der Waals surface area (Å²) in [6, 6.07) is 6.03. The SMILES string of the molecule is CCC1(CC)CCN(C(=O)c2cc(C)ccc2NC)CC1. The van der Waals surface area contributed by atoms with Gasteiger partial charge in [-0.1, -0.05) is 38.3 Å². The molecule has 1 aromatic carbocycles. The van der Waals surface area contributed by atoms with Crippen LogP contribution in [0.5, 0.6) is 0 Å². The smallest absolute Gasteiger partial charge is 0.255 e. The number of amides is 1. The number of likely N-dealkylation sites (tertiary alicyclic amines) is 1. The molecule has 0 aromatic heterocycles. The molecule has 0 unspecified atom stereocenters. The Kier molecular flexibility index (Phi) is 4.92. The van der Waals surface area contributed by atoms with Crippen LogP contribution in [0.3, 0.4) is 0 Å². The fraction of sp³-hybridized carbons (Fsp3) is 0.611. The van der Waals surface area contributed by atoms with Crippen molar-refractivity contribution in [2.45, 2.75) is 46.5 Å². The van der Waals surface area contributed by atoms with E-state index in [1.54, 1.807) is 0 Å². The van der Waals surface area contributed by atoms with Gasteiger partial charge in [0, 0.05) is 25.8 Å². The van der Waals surface area contributed by atoms with Crippen LogP contribution in [0.2, 0.25) is 0 Å². The second kappa shape index (κ2) is 6.50. The summed E-state index contributed by atoms with van der Waals surface area (Å²) < 4.78 is 0. The number of nitrogens with one attached hydrogen (secondary N) is 1. The Labute approximate surface area is 128 Å². The van der Waals surface area contributed by atoms with Crippen molar-refractivity contribution >= 4 is 11.6 Å². The van der Waals surface area contributed by atoms with E-state index in [1.807, 2.05) is 37.1 Å². The number of carbonyl (C=O) groups is 1. The quantitative estimate of drug-likeness (QED) is 0.905. The Balaban J connectivity index is 2.14. The van der Waals surface area contributed by atoms with Crippen LogP contribution < -0.4 is 5.32 Å². The summed E-state index contributed by atoms with van der Waals surface area (Å²) in [4.78, 5) is 14.8. The fourth-order valence-corrected chi connectivity index (χ4v) is 3.36. The molecule has 3 heteroatoms. The van der Waals surface area contributed by atoms with Crippen LogP contribution in [0.4, 0.5) is 5.69 Å². The lowest BCUT2D eigenvalue weighted by atomic mass is 9.74. The molecule has 0 radical (unpaired) electrons. The van der Waals surface area contributed by atoms with Gasteiger partial charge in [0.1, 0.15) is 0 Å². The van der Waals surface area contributed by atoms with Crippen LogP contribution in [0, 0.1) is 12.3 Å². The third-order valence-electron chi connectivity index (χ3n) is 5.29. The highest BCUT2D eigenvalue weighted by Crippen LogP contribution is 2.38. The third-order valence-corrected chi connectivity index (χ3v) is 5.29. The van der Waals surface area contributed by atoms with Crippen LogP contribution in [0.25, 0.3) is 0 Å². The summed E-state index contributed by atoms with van der Waals surface area (Å²) in [7, 11) is 1.87. The molecule has 1 saturated heterocycles. The minimum Gasteiger partial charge on any atom is -0.387 e. The zero-order chi connectivity index (χ0) is 15.5. The van der Waals surface area contributed by atoms with Crippen molar-refractivity contribution in [2.24, 2.45) is 5.41 Å². The highest BCUT2D eigenvalue weighted by Gasteiger charge is 2.33. The maximum absolute atomic E-state index is 12.8. The Morgan fingerprint density at radius 3 is 2.38 bits per heavy atom. The van der Waals surface area contributed by atoms with E-state index in [0.717, 1.165) is 42.7 Å². The van der Waals surface area contributed by atoms with Crippen LogP contribution in [0.1, 0.15) is 55.5 Å². The maximum Gasteiger partial charge on any atom is 0.255 e. The average Bonchev–Trinajstić information content (AvgIpc) is 2.54. The molecule has 0 saturated carbocycles. The number of piperidine rings is 1. The van der Waals surface area contributed by atoms with E-state index in [4.69, 9.17) is 0 Å². The van der Waals surface area contributed by atoms with Gasteiger partial charge in [-0.25, -0.2) is 0 Å². The fourth-order valence-electron chi connectivity index (χ4n) is 3.36. The zero-order valence-electron chi connectivity index (χ0n) is 13.8. The largest absolute Gasteiger partial charge is 0.387 e. The minimum absolute atomic E-state index is 0.170. The second-order valence-electron chi connectivity index (χ2n) is 6.30. The van der Waals surface area contributed by atoms with Gasteiger partial charge in [0.05, 0.1) is 5.56 Å². The van der Waals surface area contributed by atoms with E-state index in [1.165, 1.54) is 12.8 Å². The first-order valence-electron chi connectivity index (χ1n) is 8.13. The summed E-state index contributed by atoms with van der Waals surface area (Å²) in [5.74, 6) is 0.170. The monoisotopic (exact) mass is 288 g/mol. The molecule has 2 rings (SSSR count). The lowest BCUT2D eigenvalue weighted by Gasteiger charge is -2.41. The van der Waals surface area contributed by atoms with Crippen molar-refractivity contribution in [2.75, 3.05) is 25.5 Å². The van der Waals surface area contributed by atoms with E-state index < -0.39 is 0 Å². The minimum atomic E-state index is 0.170. The molecule has 3 nitrogen and oxygen atoms in total. The van der Waals surface area contributed by atoms with Crippen LogP contribution in [-0.2, 0) is 0 Å². The van der Waals surface area contributed by atoms with Gasteiger partial charge in [-0.15, -0.1) is 0 Å². The van der Waals surface area contributed by atoms with Crippen molar-refractivity contribution in [3.05, 3.63) is 29.3 Å². The first-order chi connectivity index (χ1) is 10.0. The highest BCUT2D eigenvalue weighted by atomic mass is 16.2. The molecule has 1 heterocycles. The number of aryl methyl sites for hydroxylation is 1. The Hall–Kier alpha value is -1.51. The van der Waals surface area contributed by atoms with Gasteiger partial charge < -0.3 is 10.2 Å². The van der Waals surface area contributed by atoms with E-state index in [0.29, 0.717) is 5.41 Å². The Morgan fingerprint density at radius 1 is 1.24 bits per heavy atom. The predicted molar refractivity (Wildman–Crippen MR) is 88.9 cm³/mol. The zero-order valence-corrected chi connectivity index (χ0v) is 13.8. The van der Waals surface area contributed by atoms with E-state index in [9.17, 15) is 4.79 Å². The molecule has 1 N–H and O–H groups in total. The summed E-state index contributed by atoms with van der Waals surface area (Å²) in [5, 5.41) is 3.13. The van der Waals surface area contributed by atoms with Crippen molar-refractivity contribution < 1.29 is 4.79 Å². The van der Waals surface area contributed by atoms with Crippen molar-refractivity contribution in [1.29, 1.82) is 0 Å². The summed E-state index contributed by atoms with van der Waals surface area (Å²) in [6.45, 7) is 8.36. The molecule has 116 valence electrons. The molecular weight excluding hydrogens is 260 g/mol. The molecule has 0 aliphatic carbocycles. The van der Waals surface area contributed by atoms with Gasteiger partial charge in [-0.2, -0.15) is 0 Å². The third kappa shape index (κ3) is 3.22. The van der Waals surface area contributed by atoms with Crippen molar-refractivity contribution in [3.8, 4) is 0 Å². The summed E-state index contributed by atoms with van der Waals surface area (Å²) >= 11 is 0. The van der Waals surface area contributed by atoms with Crippen LogP contribution in [-0.4, -0.2) is 30.9 Å². The topological polar surface area (TPSA) is 32.3 Å². The highest BCUT2D eigenvalue weighted by molar-refractivity contribution is 5.99. The van der Waals surface area contributed by atoms with Crippen LogP contribution >= 0.6 is 0 Å². The summed E-state index contributed by atoms with van der Waals surface area (Å²) in [6.07, 6.45) is 4.70. The van der Waals surface area contributed by atoms with Crippen LogP contribution in [0.15, 0.2) is 18.2 Å². The van der Waals surface area contributed by atoms with Gasteiger partial charge in [0.25, 0.3) is 5.91 Å². The van der Waals surface area contributed by atoms with E-state index in [2.05, 4.69) is 19.2 Å². The molecule has 21 heavy (non-hydrogen) atoms. The molecule has 1 aliphatic rings. The lowest BCUT2D eigenvalue weighted by molar-refractivity contribution is 0.0558. The maximum atomic E-state index is 12.8. The first kappa shape index (κ1) is 15.9.